The summed E-state index contributed by atoms with van der Waals surface area (Å²) >= 11 is 1.35. The molecule has 0 bridgehead atoms. The summed E-state index contributed by atoms with van der Waals surface area (Å²) in [6.45, 7) is 4.26. The van der Waals surface area contributed by atoms with Gasteiger partial charge in [0.05, 0.1) is 23.4 Å². The molecule has 3 heterocycles. The van der Waals surface area contributed by atoms with Gasteiger partial charge in [-0.3, -0.25) is 4.79 Å². The van der Waals surface area contributed by atoms with Gasteiger partial charge in [-0.25, -0.2) is 15.0 Å². The van der Waals surface area contributed by atoms with E-state index in [-0.39, 0.29) is 5.91 Å². The second kappa shape index (κ2) is 6.17. The minimum absolute atomic E-state index is 0.101. The van der Waals surface area contributed by atoms with E-state index in [1.165, 1.54) is 24.2 Å². The molecule has 0 aliphatic carbocycles. The highest BCUT2D eigenvalue weighted by molar-refractivity contribution is 7.11. The molecule has 1 amide bonds. The maximum Gasteiger partial charge on any atom is 0.263 e. The van der Waals surface area contributed by atoms with Crippen LogP contribution < -0.4 is 10.2 Å². The molecule has 1 saturated heterocycles. The number of aryl methyl sites for hydroxylation is 1. The lowest BCUT2D eigenvalue weighted by atomic mass is 10.3. The summed E-state index contributed by atoms with van der Waals surface area (Å²) in [5.74, 6) is 0.657. The van der Waals surface area contributed by atoms with Crippen molar-refractivity contribution in [2.75, 3.05) is 18.0 Å². The van der Waals surface area contributed by atoms with E-state index >= 15 is 0 Å². The van der Waals surface area contributed by atoms with Crippen LogP contribution in [-0.4, -0.2) is 33.9 Å². The summed E-state index contributed by atoms with van der Waals surface area (Å²) in [5.41, 5.74) is 3.26. The van der Waals surface area contributed by atoms with Crippen LogP contribution in [0.5, 0.6) is 0 Å². The van der Waals surface area contributed by atoms with Crippen molar-refractivity contribution in [1.29, 1.82) is 0 Å². The van der Waals surface area contributed by atoms with E-state index in [9.17, 15) is 4.79 Å². The first-order chi connectivity index (χ1) is 10.2. The van der Waals surface area contributed by atoms with Crippen LogP contribution in [0, 0.1) is 6.92 Å². The zero-order chi connectivity index (χ0) is 14.7. The van der Waals surface area contributed by atoms with Gasteiger partial charge in [0, 0.05) is 19.3 Å². The molecule has 0 spiro atoms. The van der Waals surface area contributed by atoms with Crippen LogP contribution in [0.2, 0.25) is 0 Å². The Morgan fingerprint density at radius 1 is 1.38 bits per heavy atom. The van der Waals surface area contributed by atoms with Gasteiger partial charge in [0.15, 0.2) is 0 Å². The van der Waals surface area contributed by atoms with E-state index in [0.29, 0.717) is 11.4 Å². The van der Waals surface area contributed by atoms with Crippen molar-refractivity contribution in [3.63, 3.8) is 0 Å². The van der Waals surface area contributed by atoms with Crippen molar-refractivity contribution in [1.82, 2.24) is 20.3 Å². The quantitative estimate of drug-likeness (QED) is 0.932. The van der Waals surface area contributed by atoms with Crippen LogP contribution in [0.25, 0.3) is 0 Å². The molecule has 6 nitrogen and oxygen atoms in total. The van der Waals surface area contributed by atoms with E-state index in [1.54, 1.807) is 11.7 Å². The summed E-state index contributed by atoms with van der Waals surface area (Å²) in [7, 11) is 0. The lowest BCUT2D eigenvalue weighted by Gasteiger charge is -2.15. The molecule has 2 aromatic rings. The Balaban J connectivity index is 1.64. The number of nitrogens with zero attached hydrogens (tertiary/aromatic N) is 4. The van der Waals surface area contributed by atoms with Crippen molar-refractivity contribution in [2.45, 2.75) is 26.3 Å². The van der Waals surface area contributed by atoms with Gasteiger partial charge in [0.2, 0.25) is 5.95 Å². The number of hydrogen-bond acceptors (Lipinski definition) is 6. The molecule has 0 saturated carbocycles. The summed E-state index contributed by atoms with van der Waals surface area (Å²) in [5, 5.41) is 2.88. The lowest BCUT2D eigenvalue weighted by Crippen LogP contribution is -2.25. The minimum atomic E-state index is -0.101. The van der Waals surface area contributed by atoms with Crippen molar-refractivity contribution in [3.05, 3.63) is 34.0 Å². The van der Waals surface area contributed by atoms with Gasteiger partial charge in [-0.15, -0.1) is 11.3 Å². The average molecular weight is 303 g/mol. The number of aromatic nitrogens is 3. The zero-order valence-corrected chi connectivity index (χ0v) is 12.7. The normalized spacial score (nSPS) is 14.4. The molecular formula is C14H17N5OS. The van der Waals surface area contributed by atoms with Gasteiger partial charge in [0.1, 0.15) is 4.88 Å². The minimum Gasteiger partial charge on any atom is -0.346 e. The molecule has 0 radical (unpaired) electrons. The standard InChI is InChI=1S/C14H17N5OS/c1-10-12(21-9-17-10)13(20)16-8-11-4-5-15-14(18-11)19-6-2-3-7-19/h4-5,9H,2-3,6-8H2,1H3,(H,16,20). The fourth-order valence-electron chi connectivity index (χ4n) is 2.32. The van der Waals surface area contributed by atoms with Crippen LogP contribution in [0.1, 0.15) is 33.9 Å². The fourth-order valence-corrected chi connectivity index (χ4v) is 3.04. The van der Waals surface area contributed by atoms with Gasteiger partial charge in [-0.2, -0.15) is 0 Å². The summed E-state index contributed by atoms with van der Waals surface area (Å²) in [6, 6.07) is 1.83. The molecule has 1 N–H and O–H groups in total. The molecule has 0 aromatic carbocycles. The third kappa shape index (κ3) is 3.18. The second-order valence-corrected chi connectivity index (χ2v) is 5.85. The molecular weight excluding hydrogens is 286 g/mol. The number of rotatable bonds is 4. The van der Waals surface area contributed by atoms with Crippen molar-refractivity contribution in [2.24, 2.45) is 0 Å². The van der Waals surface area contributed by atoms with E-state index < -0.39 is 0 Å². The topological polar surface area (TPSA) is 71.0 Å². The second-order valence-electron chi connectivity index (χ2n) is 4.99. The molecule has 0 unspecified atom stereocenters. The highest BCUT2D eigenvalue weighted by atomic mass is 32.1. The molecule has 1 aliphatic heterocycles. The summed E-state index contributed by atoms with van der Waals surface area (Å²) < 4.78 is 0. The molecule has 1 fully saturated rings. The Hall–Kier alpha value is -2.02. The first kappa shape index (κ1) is 13.9. The van der Waals surface area contributed by atoms with E-state index in [2.05, 4.69) is 25.2 Å². The van der Waals surface area contributed by atoms with Crippen LogP contribution in [0.15, 0.2) is 17.8 Å². The maximum atomic E-state index is 12.0. The Kier molecular flexibility index (Phi) is 4.10. The van der Waals surface area contributed by atoms with Gasteiger partial charge in [0.25, 0.3) is 5.91 Å². The Morgan fingerprint density at radius 3 is 2.90 bits per heavy atom. The van der Waals surface area contributed by atoms with Crippen molar-refractivity contribution >= 4 is 23.2 Å². The van der Waals surface area contributed by atoms with Crippen LogP contribution in [0.4, 0.5) is 5.95 Å². The zero-order valence-electron chi connectivity index (χ0n) is 11.9. The molecule has 1 aliphatic rings. The highest BCUT2D eigenvalue weighted by Gasteiger charge is 2.15. The van der Waals surface area contributed by atoms with E-state index in [1.807, 2.05) is 13.0 Å². The number of thiazole rings is 1. The summed E-state index contributed by atoms with van der Waals surface area (Å²) in [6.07, 6.45) is 4.13. The molecule has 21 heavy (non-hydrogen) atoms. The van der Waals surface area contributed by atoms with Gasteiger partial charge >= 0.3 is 0 Å². The third-order valence-electron chi connectivity index (χ3n) is 3.47. The lowest BCUT2D eigenvalue weighted by molar-refractivity contribution is 0.0953. The fraction of sp³-hybridized carbons (Fsp3) is 0.429. The number of hydrogen-bond donors (Lipinski definition) is 1. The largest absolute Gasteiger partial charge is 0.346 e. The Morgan fingerprint density at radius 2 is 2.19 bits per heavy atom. The Bertz CT molecular complexity index is 636. The number of amides is 1. The maximum absolute atomic E-state index is 12.0. The number of carbonyl (C=O) groups excluding carboxylic acids is 1. The number of nitrogens with one attached hydrogen (secondary N) is 1. The van der Waals surface area contributed by atoms with Crippen molar-refractivity contribution in [3.8, 4) is 0 Å². The Labute approximate surface area is 127 Å². The van der Waals surface area contributed by atoms with E-state index in [4.69, 9.17) is 0 Å². The first-order valence-corrected chi connectivity index (χ1v) is 7.87. The average Bonchev–Trinajstić information content (AvgIpc) is 3.16. The number of carbonyl (C=O) groups is 1. The van der Waals surface area contributed by atoms with Crippen LogP contribution in [0.3, 0.4) is 0 Å². The van der Waals surface area contributed by atoms with E-state index in [0.717, 1.165) is 30.4 Å². The molecule has 2 aromatic heterocycles. The van der Waals surface area contributed by atoms with Crippen LogP contribution in [-0.2, 0) is 6.54 Å². The highest BCUT2D eigenvalue weighted by Crippen LogP contribution is 2.15. The first-order valence-electron chi connectivity index (χ1n) is 6.99. The van der Waals surface area contributed by atoms with Gasteiger partial charge in [-0.05, 0) is 25.8 Å². The third-order valence-corrected chi connectivity index (χ3v) is 4.40. The number of anilines is 1. The predicted octanol–water partition coefficient (Wildman–Crippen LogP) is 1.77. The summed E-state index contributed by atoms with van der Waals surface area (Å²) in [4.78, 5) is 27.8. The van der Waals surface area contributed by atoms with Gasteiger partial charge < -0.3 is 10.2 Å². The van der Waals surface area contributed by atoms with Gasteiger partial charge in [-0.1, -0.05) is 0 Å². The molecule has 3 rings (SSSR count). The smallest absolute Gasteiger partial charge is 0.263 e. The molecule has 110 valence electrons. The van der Waals surface area contributed by atoms with Crippen molar-refractivity contribution < 1.29 is 4.79 Å². The van der Waals surface area contributed by atoms with Crippen LogP contribution >= 0.6 is 11.3 Å². The molecule has 7 heteroatoms. The monoisotopic (exact) mass is 303 g/mol. The predicted molar refractivity (Wildman–Crippen MR) is 81.5 cm³/mol. The SMILES string of the molecule is Cc1ncsc1C(=O)NCc1ccnc(N2CCCC2)n1. The molecule has 0 atom stereocenters.